The van der Waals surface area contributed by atoms with Crippen LogP contribution in [0.15, 0.2) is 29.1 Å². The van der Waals surface area contributed by atoms with E-state index in [2.05, 4.69) is 25.7 Å². The first-order valence-electron chi connectivity index (χ1n) is 7.37. The van der Waals surface area contributed by atoms with Crippen LogP contribution in [-0.2, 0) is 6.18 Å². The number of nitrogens with zero attached hydrogens (tertiary/aromatic N) is 3. The molecule has 3 aromatic rings. The monoisotopic (exact) mass is 366 g/mol. The third-order valence-corrected chi connectivity index (χ3v) is 3.51. The summed E-state index contributed by atoms with van der Waals surface area (Å²) >= 11 is 0. The Kier molecular flexibility index (Phi) is 4.14. The number of aromatic nitrogens is 4. The van der Waals surface area contributed by atoms with E-state index in [-0.39, 0.29) is 17.2 Å². The summed E-state index contributed by atoms with van der Waals surface area (Å²) in [6.07, 6.45) is -4.63. The van der Waals surface area contributed by atoms with E-state index in [0.717, 1.165) is 16.6 Å². The van der Waals surface area contributed by atoms with E-state index in [0.29, 0.717) is 5.82 Å². The van der Waals surface area contributed by atoms with Crippen molar-refractivity contribution in [2.75, 3.05) is 10.6 Å². The molecule has 0 saturated heterocycles. The first kappa shape index (κ1) is 17.5. The van der Waals surface area contributed by atoms with Crippen LogP contribution in [0.4, 0.5) is 29.3 Å². The fourth-order valence-corrected chi connectivity index (χ4v) is 2.38. The zero-order chi connectivity index (χ0) is 19.1. The second kappa shape index (κ2) is 6.17. The molecule has 0 aliphatic carbocycles. The number of carbonyl (C=O) groups excluding carboxylic acids is 1. The largest absolute Gasteiger partial charge is 0.418 e. The topological polar surface area (TPSA) is 104 Å². The smallest absolute Gasteiger partial charge is 0.307 e. The minimum Gasteiger partial charge on any atom is -0.307 e. The number of benzene rings is 1. The van der Waals surface area contributed by atoms with Crippen LogP contribution >= 0.6 is 0 Å². The van der Waals surface area contributed by atoms with Gasteiger partial charge in [-0.05, 0) is 26.0 Å². The van der Waals surface area contributed by atoms with E-state index in [1.807, 2.05) is 0 Å². The number of aryl methyl sites for hydroxylation is 2. The lowest BCUT2D eigenvalue weighted by atomic mass is 10.1. The van der Waals surface area contributed by atoms with Crippen molar-refractivity contribution >= 4 is 23.2 Å². The van der Waals surface area contributed by atoms with Crippen molar-refractivity contribution in [1.82, 2.24) is 19.6 Å². The zero-order valence-electron chi connectivity index (χ0n) is 13.6. The van der Waals surface area contributed by atoms with Crippen molar-refractivity contribution in [3.05, 3.63) is 51.7 Å². The fourth-order valence-electron chi connectivity index (χ4n) is 2.38. The van der Waals surface area contributed by atoms with Crippen molar-refractivity contribution in [2.45, 2.75) is 20.0 Å². The van der Waals surface area contributed by atoms with Crippen LogP contribution < -0.4 is 16.2 Å². The maximum atomic E-state index is 13.0. The Morgan fingerprint density at radius 2 is 1.85 bits per heavy atom. The number of para-hydroxylation sites is 1. The lowest BCUT2D eigenvalue weighted by Gasteiger charge is -2.14. The summed E-state index contributed by atoms with van der Waals surface area (Å²) in [5.74, 6) is 0.563. The summed E-state index contributed by atoms with van der Waals surface area (Å²) in [6, 6.07) is 3.52. The van der Waals surface area contributed by atoms with Crippen molar-refractivity contribution in [1.29, 1.82) is 0 Å². The van der Waals surface area contributed by atoms with E-state index < -0.39 is 29.0 Å². The summed E-state index contributed by atoms with van der Waals surface area (Å²) in [5, 5.41) is 7.00. The van der Waals surface area contributed by atoms with Crippen LogP contribution in [0, 0.1) is 13.8 Å². The Balaban J connectivity index is 1.90. The number of anilines is 2. The molecule has 136 valence electrons. The minimum absolute atomic E-state index is 0.123. The fraction of sp³-hybridized carbons (Fsp3) is 0.200. The highest BCUT2D eigenvalue weighted by Crippen LogP contribution is 2.34. The van der Waals surface area contributed by atoms with Crippen LogP contribution in [-0.4, -0.2) is 25.6 Å². The third kappa shape index (κ3) is 3.23. The van der Waals surface area contributed by atoms with E-state index >= 15 is 0 Å². The summed E-state index contributed by atoms with van der Waals surface area (Å²) in [7, 11) is 0. The maximum Gasteiger partial charge on any atom is 0.418 e. The van der Waals surface area contributed by atoms with Gasteiger partial charge in [0, 0.05) is 0 Å². The second-order valence-corrected chi connectivity index (χ2v) is 5.44. The van der Waals surface area contributed by atoms with E-state index in [1.54, 1.807) is 6.92 Å². The Labute approximate surface area is 144 Å². The molecular formula is C15H13F3N6O2. The van der Waals surface area contributed by atoms with Gasteiger partial charge in [0.2, 0.25) is 0 Å². The summed E-state index contributed by atoms with van der Waals surface area (Å²) in [6.45, 7) is 3.10. The van der Waals surface area contributed by atoms with Crippen LogP contribution in [0.5, 0.6) is 0 Å². The predicted molar refractivity (Wildman–Crippen MR) is 87.2 cm³/mol. The van der Waals surface area contributed by atoms with Crippen LogP contribution in [0.3, 0.4) is 0 Å². The molecule has 0 saturated carbocycles. The molecular weight excluding hydrogens is 353 g/mol. The SMILES string of the molecule is Cc1nc2nc(C)c(NC(=O)Nc3ccccc3C(F)(F)F)c(=O)n2[nH]1. The van der Waals surface area contributed by atoms with E-state index in [1.165, 1.54) is 19.1 Å². The molecule has 3 rings (SSSR count). The van der Waals surface area contributed by atoms with Crippen molar-refractivity contribution in [3.63, 3.8) is 0 Å². The van der Waals surface area contributed by atoms with Gasteiger partial charge in [0.1, 0.15) is 11.5 Å². The average molecular weight is 366 g/mol. The quantitative estimate of drug-likeness (QED) is 0.649. The zero-order valence-corrected chi connectivity index (χ0v) is 13.6. The molecule has 0 fully saturated rings. The van der Waals surface area contributed by atoms with Gasteiger partial charge in [-0.1, -0.05) is 12.1 Å². The van der Waals surface area contributed by atoms with Crippen molar-refractivity contribution in [3.8, 4) is 0 Å². The number of rotatable bonds is 2. The number of H-pyrrole nitrogens is 1. The second-order valence-electron chi connectivity index (χ2n) is 5.44. The average Bonchev–Trinajstić information content (AvgIpc) is 2.91. The number of hydrogen-bond donors (Lipinski definition) is 3. The first-order chi connectivity index (χ1) is 12.2. The highest BCUT2D eigenvalue weighted by Gasteiger charge is 2.33. The molecule has 0 aliphatic rings. The Morgan fingerprint density at radius 3 is 2.54 bits per heavy atom. The van der Waals surface area contributed by atoms with Gasteiger partial charge >= 0.3 is 12.2 Å². The lowest BCUT2D eigenvalue weighted by molar-refractivity contribution is -0.136. The van der Waals surface area contributed by atoms with Gasteiger partial charge in [-0.15, -0.1) is 0 Å². The maximum absolute atomic E-state index is 13.0. The van der Waals surface area contributed by atoms with Gasteiger partial charge in [0.15, 0.2) is 0 Å². The van der Waals surface area contributed by atoms with E-state index in [4.69, 9.17) is 0 Å². The van der Waals surface area contributed by atoms with Gasteiger partial charge < -0.3 is 10.6 Å². The molecule has 0 bridgehead atoms. The molecule has 2 amide bonds. The molecule has 0 radical (unpaired) electrons. The number of amides is 2. The standard InChI is InChI=1S/C15H13F3N6O2/c1-7-11(12(25)24-13(19-7)20-8(2)23-24)22-14(26)21-10-6-4-3-5-9(10)15(16,17)18/h3-6H,1-2H3,(H,19,20,23)(H2,21,22,26). The number of alkyl halides is 3. The van der Waals surface area contributed by atoms with E-state index in [9.17, 15) is 22.8 Å². The van der Waals surface area contributed by atoms with Gasteiger partial charge in [0.25, 0.3) is 11.3 Å². The lowest BCUT2D eigenvalue weighted by Crippen LogP contribution is -2.28. The van der Waals surface area contributed by atoms with Crippen LogP contribution in [0.1, 0.15) is 17.1 Å². The van der Waals surface area contributed by atoms with Gasteiger partial charge in [-0.25, -0.2) is 9.78 Å². The van der Waals surface area contributed by atoms with Crippen molar-refractivity contribution < 1.29 is 18.0 Å². The Morgan fingerprint density at radius 1 is 1.15 bits per heavy atom. The van der Waals surface area contributed by atoms with Crippen LogP contribution in [0.2, 0.25) is 0 Å². The summed E-state index contributed by atoms with van der Waals surface area (Å²) < 4.78 is 40.0. The molecule has 26 heavy (non-hydrogen) atoms. The highest BCUT2D eigenvalue weighted by molar-refractivity contribution is 6.00. The van der Waals surface area contributed by atoms with Gasteiger partial charge in [-0.3, -0.25) is 9.89 Å². The Hall–Kier alpha value is -3.37. The number of nitrogens with one attached hydrogen (secondary N) is 3. The highest BCUT2D eigenvalue weighted by atomic mass is 19.4. The van der Waals surface area contributed by atoms with Gasteiger partial charge in [-0.2, -0.15) is 22.7 Å². The molecule has 1 aromatic carbocycles. The number of halogens is 3. The third-order valence-electron chi connectivity index (χ3n) is 3.51. The predicted octanol–water partition coefficient (Wildman–Crippen LogP) is 2.70. The minimum atomic E-state index is -4.63. The molecule has 2 heterocycles. The number of carbonyl (C=O) groups is 1. The number of aromatic amines is 1. The molecule has 8 nitrogen and oxygen atoms in total. The molecule has 0 atom stereocenters. The van der Waals surface area contributed by atoms with Crippen molar-refractivity contribution in [2.24, 2.45) is 0 Å². The number of hydrogen-bond acceptors (Lipinski definition) is 4. The molecule has 2 aromatic heterocycles. The molecule has 3 N–H and O–H groups in total. The number of fused-ring (bicyclic) bond motifs is 1. The first-order valence-corrected chi connectivity index (χ1v) is 7.37. The summed E-state index contributed by atoms with van der Waals surface area (Å²) in [4.78, 5) is 32.6. The van der Waals surface area contributed by atoms with Gasteiger partial charge in [0.05, 0.1) is 16.9 Å². The molecule has 0 spiro atoms. The molecule has 0 unspecified atom stereocenters. The van der Waals surface area contributed by atoms with Crippen LogP contribution in [0.25, 0.3) is 5.78 Å². The Bertz CT molecular complexity index is 1050. The normalized spacial score (nSPS) is 11.6. The molecule has 11 heteroatoms. The molecule has 0 aliphatic heterocycles. The summed E-state index contributed by atoms with van der Waals surface area (Å²) in [5.41, 5.74) is -2.05. The number of urea groups is 1.